The van der Waals surface area contributed by atoms with E-state index in [1.54, 1.807) is 0 Å². The summed E-state index contributed by atoms with van der Waals surface area (Å²) in [6, 6.07) is 6.86. The third-order valence-corrected chi connectivity index (χ3v) is 3.11. The van der Waals surface area contributed by atoms with Gasteiger partial charge in [-0.25, -0.2) is 0 Å². The SMILES string of the molecule is c1ccc(CCCNC2CCNCC2)nc1. The Kier molecular flexibility index (Phi) is 4.77. The zero-order chi connectivity index (χ0) is 11.1. The topological polar surface area (TPSA) is 37.0 Å². The Morgan fingerprint density at radius 1 is 1.31 bits per heavy atom. The molecule has 1 aliphatic heterocycles. The minimum atomic E-state index is 0.727. The van der Waals surface area contributed by atoms with Crippen molar-refractivity contribution in [2.75, 3.05) is 19.6 Å². The average molecular weight is 219 g/mol. The Morgan fingerprint density at radius 3 is 2.94 bits per heavy atom. The number of aryl methyl sites for hydroxylation is 1. The normalized spacial score (nSPS) is 17.5. The van der Waals surface area contributed by atoms with E-state index in [2.05, 4.69) is 27.8 Å². The van der Waals surface area contributed by atoms with E-state index in [9.17, 15) is 0 Å². The predicted octanol–water partition coefficient (Wildman–Crippen LogP) is 1.36. The fraction of sp³-hybridized carbons (Fsp3) is 0.615. The second-order valence-electron chi connectivity index (χ2n) is 4.40. The van der Waals surface area contributed by atoms with E-state index < -0.39 is 0 Å². The van der Waals surface area contributed by atoms with E-state index >= 15 is 0 Å². The van der Waals surface area contributed by atoms with E-state index in [-0.39, 0.29) is 0 Å². The predicted molar refractivity (Wildman–Crippen MR) is 66.5 cm³/mol. The van der Waals surface area contributed by atoms with Gasteiger partial charge in [-0.3, -0.25) is 4.98 Å². The summed E-state index contributed by atoms with van der Waals surface area (Å²) in [5.74, 6) is 0. The summed E-state index contributed by atoms with van der Waals surface area (Å²) in [6.07, 6.45) is 6.67. The third-order valence-electron chi connectivity index (χ3n) is 3.11. The quantitative estimate of drug-likeness (QED) is 0.734. The fourth-order valence-corrected chi connectivity index (χ4v) is 2.15. The van der Waals surface area contributed by atoms with Crippen LogP contribution in [0.25, 0.3) is 0 Å². The standard InChI is InChI=1S/C13H21N3/c1-2-8-15-12(4-1)5-3-9-16-13-6-10-14-11-7-13/h1-2,4,8,13-14,16H,3,5-7,9-11H2. The highest BCUT2D eigenvalue weighted by atomic mass is 15.0. The summed E-state index contributed by atoms with van der Waals surface area (Å²) in [5, 5.41) is 7.01. The Balaban J connectivity index is 1.58. The van der Waals surface area contributed by atoms with Gasteiger partial charge >= 0.3 is 0 Å². The Bertz CT molecular complexity index is 280. The molecule has 2 rings (SSSR count). The van der Waals surface area contributed by atoms with Crippen molar-refractivity contribution in [1.29, 1.82) is 0 Å². The van der Waals surface area contributed by atoms with Gasteiger partial charge < -0.3 is 10.6 Å². The van der Waals surface area contributed by atoms with Gasteiger partial charge in [0.2, 0.25) is 0 Å². The number of rotatable bonds is 5. The van der Waals surface area contributed by atoms with Crippen LogP contribution in [0, 0.1) is 0 Å². The minimum absolute atomic E-state index is 0.727. The number of piperidine rings is 1. The molecule has 1 aromatic heterocycles. The fourth-order valence-electron chi connectivity index (χ4n) is 2.15. The molecular formula is C13H21N3. The molecular weight excluding hydrogens is 198 g/mol. The van der Waals surface area contributed by atoms with E-state index in [0.717, 1.165) is 32.1 Å². The van der Waals surface area contributed by atoms with Crippen LogP contribution >= 0.6 is 0 Å². The monoisotopic (exact) mass is 219 g/mol. The number of aromatic nitrogens is 1. The van der Waals surface area contributed by atoms with Gasteiger partial charge in [0.15, 0.2) is 0 Å². The first-order chi connectivity index (χ1) is 7.95. The second kappa shape index (κ2) is 6.61. The van der Waals surface area contributed by atoms with E-state index in [4.69, 9.17) is 0 Å². The zero-order valence-corrected chi connectivity index (χ0v) is 9.78. The van der Waals surface area contributed by atoms with Crippen molar-refractivity contribution in [2.45, 2.75) is 31.7 Å². The smallest absolute Gasteiger partial charge is 0.0404 e. The van der Waals surface area contributed by atoms with Gasteiger partial charge in [0.25, 0.3) is 0 Å². The molecule has 0 aliphatic carbocycles. The summed E-state index contributed by atoms with van der Waals surface area (Å²) < 4.78 is 0. The lowest BCUT2D eigenvalue weighted by Gasteiger charge is -2.23. The molecule has 3 heteroatoms. The van der Waals surface area contributed by atoms with Crippen molar-refractivity contribution in [3.63, 3.8) is 0 Å². The van der Waals surface area contributed by atoms with Crippen LogP contribution in [0.4, 0.5) is 0 Å². The van der Waals surface area contributed by atoms with Gasteiger partial charge in [-0.15, -0.1) is 0 Å². The lowest BCUT2D eigenvalue weighted by molar-refractivity contribution is 0.386. The Morgan fingerprint density at radius 2 is 2.19 bits per heavy atom. The van der Waals surface area contributed by atoms with Crippen LogP contribution in [0.2, 0.25) is 0 Å². The highest BCUT2D eigenvalue weighted by molar-refractivity contribution is 5.03. The van der Waals surface area contributed by atoms with Crippen molar-refractivity contribution < 1.29 is 0 Å². The average Bonchev–Trinajstić information content (AvgIpc) is 2.37. The van der Waals surface area contributed by atoms with Crippen LogP contribution in [0.3, 0.4) is 0 Å². The molecule has 0 atom stereocenters. The van der Waals surface area contributed by atoms with Crippen molar-refractivity contribution in [3.8, 4) is 0 Å². The molecule has 0 aromatic carbocycles. The highest BCUT2D eigenvalue weighted by Gasteiger charge is 2.10. The van der Waals surface area contributed by atoms with Gasteiger partial charge in [0.1, 0.15) is 0 Å². The first-order valence-corrected chi connectivity index (χ1v) is 6.29. The van der Waals surface area contributed by atoms with Crippen molar-refractivity contribution >= 4 is 0 Å². The summed E-state index contributed by atoms with van der Waals surface area (Å²) in [7, 11) is 0. The minimum Gasteiger partial charge on any atom is -0.317 e. The lowest BCUT2D eigenvalue weighted by Crippen LogP contribution is -2.40. The van der Waals surface area contributed by atoms with Gasteiger partial charge in [-0.1, -0.05) is 6.07 Å². The largest absolute Gasteiger partial charge is 0.317 e. The maximum absolute atomic E-state index is 4.33. The molecule has 0 spiro atoms. The van der Waals surface area contributed by atoms with E-state index in [0.29, 0.717) is 0 Å². The first kappa shape index (κ1) is 11.6. The molecule has 1 fully saturated rings. The van der Waals surface area contributed by atoms with Crippen LogP contribution in [-0.2, 0) is 6.42 Å². The summed E-state index contributed by atoms with van der Waals surface area (Å²) in [5.41, 5.74) is 1.20. The maximum Gasteiger partial charge on any atom is 0.0404 e. The number of hydrogen-bond acceptors (Lipinski definition) is 3. The molecule has 1 aromatic rings. The lowest BCUT2D eigenvalue weighted by atomic mass is 10.1. The van der Waals surface area contributed by atoms with Crippen LogP contribution < -0.4 is 10.6 Å². The molecule has 0 saturated carbocycles. The summed E-state index contributed by atoms with van der Waals surface area (Å²) in [4.78, 5) is 4.33. The molecule has 0 radical (unpaired) electrons. The molecule has 2 N–H and O–H groups in total. The number of pyridine rings is 1. The number of nitrogens with one attached hydrogen (secondary N) is 2. The molecule has 0 bridgehead atoms. The number of hydrogen-bond donors (Lipinski definition) is 2. The first-order valence-electron chi connectivity index (χ1n) is 6.29. The van der Waals surface area contributed by atoms with Gasteiger partial charge in [0.05, 0.1) is 0 Å². The van der Waals surface area contributed by atoms with Crippen LogP contribution in [0.1, 0.15) is 25.0 Å². The molecule has 0 amide bonds. The Labute approximate surface area is 97.7 Å². The van der Waals surface area contributed by atoms with E-state index in [1.165, 1.54) is 25.0 Å². The molecule has 2 heterocycles. The molecule has 88 valence electrons. The van der Waals surface area contributed by atoms with Crippen molar-refractivity contribution in [1.82, 2.24) is 15.6 Å². The van der Waals surface area contributed by atoms with Gasteiger partial charge in [-0.05, 0) is 57.5 Å². The molecule has 1 aliphatic rings. The maximum atomic E-state index is 4.33. The van der Waals surface area contributed by atoms with Gasteiger partial charge in [-0.2, -0.15) is 0 Å². The number of nitrogens with zero attached hydrogens (tertiary/aromatic N) is 1. The van der Waals surface area contributed by atoms with Crippen molar-refractivity contribution in [2.24, 2.45) is 0 Å². The molecule has 0 unspecified atom stereocenters. The Hall–Kier alpha value is -0.930. The van der Waals surface area contributed by atoms with Gasteiger partial charge in [0, 0.05) is 17.9 Å². The summed E-state index contributed by atoms with van der Waals surface area (Å²) in [6.45, 7) is 3.44. The van der Waals surface area contributed by atoms with Crippen LogP contribution in [-0.4, -0.2) is 30.7 Å². The second-order valence-corrected chi connectivity index (χ2v) is 4.40. The van der Waals surface area contributed by atoms with E-state index in [1.807, 2.05) is 12.3 Å². The van der Waals surface area contributed by atoms with Crippen molar-refractivity contribution in [3.05, 3.63) is 30.1 Å². The highest BCUT2D eigenvalue weighted by Crippen LogP contribution is 2.02. The molecule has 1 saturated heterocycles. The molecule has 3 nitrogen and oxygen atoms in total. The third kappa shape index (κ3) is 3.91. The summed E-state index contributed by atoms with van der Waals surface area (Å²) >= 11 is 0. The molecule has 16 heavy (non-hydrogen) atoms. The van der Waals surface area contributed by atoms with Crippen LogP contribution in [0.15, 0.2) is 24.4 Å². The zero-order valence-electron chi connectivity index (χ0n) is 9.78. The van der Waals surface area contributed by atoms with Crippen LogP contribution in [0.5, 0.6) is 0 Å².